The van der Waals surface area contributed by atoms with Crippen LogP contribution in [0.3, 0.4) is 0 Å². The van der Waals surface area contributed by atoms with Gasteiger partial charge in [-0.25, -0.2) is 0 Å². The van der Waals surface area contributed by atoms with Crippen LogP contribution in [0, 0.1) is 6.92 Å². The van der Waals surface area contributed by atoms with Gasteiger partial charge in [-0.2, -0.15) is 5.10 Å². The van der Waals surface area contributed by atoms with Crippen LogP contribution in [0.25, 0.3) is 0 Å². The van der Waals surface area contributed by atoms with Crippen LogP contribution in [0.15, 0.2) is 65.8 Å². The molecule has 0 radical (unpaired) electrons. The number of nitrogens with zero attached hydrogens (tertiary/aromatic N) is 2. The quantitative estimate of drug-likeness (QED) is 0.555. The van der Waals surface area contributed by atoms with E-state index in [1.165, 1.54) is 11.1 Å². The SMILES string of the molecule is C=C(/C=N/N(C)c1ccc(OC)cc1)C(C)(C)c1ccccc1C. The summed E-state index contributed by atoms with van der Waals surface area (Å²) in [6.45, 7) is 10.7. The molecule has 3 nitrogen and oxygen atoms in total. The second-order valence-corrected chi connectivity index (χ2v) is 6.43. The third kappa shape index (κ3) is 3.85. The van der Waals surface area contributed by atoms with E-state index in [2.05, 4.69) is 56.7 Å². The molecule has 0 saturated carbocycles. The van der Waals surface area contributed by atoms with Gasteiger partial charge in [0.2, 0.25) is 0 Å². The molecule has 0 unspecified atom stereocenters. The summed E-state index contributed by atoms with van der Waals surface area (Å²) < 4.78 is 5.18. The number of hydrazone groups is 1. The van der Waals surface area contributed by atoms with Gasteiger partial charge in [-0.1, -0.05) is 44.7 Å². The van der Waals surface area contributed by atoms with E-state index in [-0.39, 0.29) is 5.41 Å². The Bertz CT molecular complexity index is 730. The molecule has 0 N–H and O–H groups in total. The Balaban J connectivity index is 2.15. The topological polar surface area (TPSA) is 24.8 Å². The van der Waals surface area contributed by atoms with Crippen LogP contribution < -0.4 is 9.75 Å². The third-order valence-electron chi connectivity index (χ3n) is 4.45. The summed E-state index contributed by atoms with van der Waals surface area (Å²) in [6, 6.07) is 16.2. The molecule has 2 aromatic rings. The highest BCUT2D eigenvalue weighted by molar-refractivity contribution is 5.82. The summed E-state index contributed by atoms with van der Waals surface area (Å²) >= 11 is 0. The van der Waals surface area contributed by atoms with E-state index >= 15 is 0 Å². The lowest BCUT2D eigenvalue weighted by atomic mass is 9.77. The zero-order chi connectivity index (χ0) is 17.7. The lowest BCUT2D eigenvalue weighted by Crippen LogP contribution is -2.22. The average molecular weight is 322 g/mol. The van der Waals surface area contributed by atoms with Crippen molar-refractivity contribution in [2.24, 2.45) is 5.10 Å². The van der Waals surface area contributed by atoms with Crippen LogP contribution in [-0.4, -0.2) is 20.4 Å². The van der Waals surface area contributed by atoms with E-state index in [1.807, 2.05) is 42.5 Å². The molecular weight excluding hydrogens is 296 g/mol. The first kappa shape index (κ1) is 17.8. The van der Waals surface area contributed by atoms with Crippen molar-refractivity contribution < 1.29 is 4.74 Å². The van der Waals surface area contributed by atoms with Crippen molar-refractivity contribution in [1.29, 1.82) is 0 Å². The molecule has 0 amide bonds. The van der Waals surface area contributed by atoms with Gasteiger partial charge in [0, 0.05) is 12.5 Å². The smallest absolute Gasteiger partial charge is 0.119 e. The molecule has 0 aliphatic heterocycles. The standard InChI is InChI=1S/C21H26N2O/c1-16-9-7-8-10-20(16)21(3,4)17(2)15-22-23(5)18-11-13-19(24-6)14-12-18/h7-15H,2H2,1,3-6H3/b22-15+. The van der Waals surface area contributed by atoms with Crippen LogP contribution >= 0.6 is 0 Å². The van der Waals surface area contributed by atoms with Crippen LogP contribution in [0.4, 0.5) is 5.69 Å². The van der Waals surface area contributed by atoms with Crippen molar-refractivity contribution >= 4 is 11.9 Å². The molecule has 0 atom stereocenters. The fourth-order valence-corrected chi connectivity index (χ4v) is 2.63. The van der Waals surface area contributed by atoms with Gasteiger partial charge in [-0.15, -0.1) is 0 Å². The molecule has 0 fully saturated rings. The number of aryl methyl sites for hydroxylation is 1. The Morgan fingerprint density at radius 3 is 2.33 bits per heavy atom. The maximum Gasteiger partial charge on any atom is 0.119 e. The highest BCUT2D eigenvalue weighted by atomic mass is 16.5. The molecular formula is C21H26N2O. The predicted molar refractivity (Wildman–Crippen MR) is 103 cm³/mol. The van der Waals surface area contributed by atoms with Gasteiger partial charge in [0.25, 0.3) is 0 Å². The molecule has 0 bridgehead atoms. The van der Waals surface area contributed by atoms with Crippen molar-refractivity contribution in [2.45, 2.75) is 26.2 Å². The highest BCUT2D eigenvalue weighted by Crippen LogP contribution is 2.31. The Morgan fingerprint density at radius 2 is 1.75 bits per heavy atom. The van der Waals surface area contributed by atoms with Gasteiger partial charge in [0.05, 0.1) is 19.0 Å². The fourth-order valence-electron chi connectivity index (χ4n) is 2.63. The average Bonchev–Trinajstić information content (AvgIpc) is 2.59. The molecule has 0 spiro atoms. The Hall–Kier alpha value is -2.55. The van der Waals surface area contributed by atoms with Crippen LogP contribution in [0.2, 0.25) is 0 Å². The summed E-state index contributed by atoms with van der Waals surface area (Å²) in [7, 11) is 3.58. The minimum Gasteiger partial charge on any atom is -0.497 e. The van der Waals surface area contributed by atoms with Gasteiger partial charge < -0.3 is 4.74 Å². The second kappa shape index (κ2) is 7.35. The molecule has 2 aromatic carbocycles. The van der Waals surface area contributed by atoms with Crippen molar-refractivity contribution in [2.75, 3.05) is 19.2 Å². The van der Waals surface area contributed by atoms with E-state index in [1.54, 1.807) is 7.11 Å². The molecule has 0 aliphatic carbocycles. The number of allylic oxidation sites excluding steroid dienone is 1. The number of ether oxygens (including phenoxy) is 1. The zero-order valence-corrected chi connectivity index (χ0v) is 15.2. The Morgan fingerprint density at radius 1 is 1.12 bits per heavy atom. The van der Waals surface area contributed by atoms with E-state index in [0.717, 1.165) is 17.0 Å². The van der Waals surface area contributed by atoms with Crippen molar-refractivity contribution in [1.82, 2.24) is 0 Å². The monoisotopic (exact) mass is 322 g/mol. The van der Waals surface area contributed by atoms with Crippen molar-refractivity contribution in [3.63, 3.8) is 0 Å². The molecule has 0 aliphatic rings. The number of rotatable bonds is 6. The first-order valence-electron chi connectivity index (χ1n) is 8.03. The van der Waals surface area contributed by atoms with Gasteiger partial charge in [-0.05, 0) is 47.9 Å². The van der Waals surface area contributed by atoms with Gasteiger partial charge in [0.15, 0.2) is 0 Å². The lowest BCUT2D eigenvalue weighted by molar-refractivity contribution is 0.415. The maximum atomic E-state index is 5.18. The van der Waals surface area contributed by atoms with Gasteiger partial charge in [0.1, 0.15) is 5.75 Å². The van der Waals surface area contributed by atoms with E-state index < -0.39 is 0 Å². The molecule has 24 heavy (non-hydrogen) atoms. The molecule has 126 valence electrons. The molecule has 0 saturated heterocycles. The summed E-state index contributed by atoms with van der Waals surface area (Å²) in [5.74, 6) is 0.834. The normalized spacial score (nSPS) is 11.5. The van der Waals surface area contributed by atoms with Crippen LogP contribution in [0.1, 0.15) is 25.0 Å². The molecule has 2 rings (SSSR count). The maximum absolute atomic E-state index is 5.18. The van der Waals surface area contributed by atoms with E-state index in [4.69, 9.17) is 4.74 Å². The molecule has 0 aromatic heterocycles. The molecule has 0 heterocycles. The van der Waals surface area contributed by atoms with Gasteiger partial charge >= 0.3 is 0 Å². The van der Waals surface area contributed by atoms with E-state index in [0.29, 0.717) is 0 Å². The number of methoxy groups -OCH3 is 1. The first-order valence-corrected chi connectivity index (χ1v) is 8.03. The number of hydrogen-bond donors (Lipinski definition) is 0. The van der Waals surface area contributed by atoms with Crippen molar-refractivity contribution in [3.05, 3.63) is 71.8 Å². The fraction of sp³-hybridized carbons (Fsp3) is 0.286. The number of hydrogen-bond acceptors (Lipinski definition) is 3. The minimum atomic E-state index is -0.171. The minimum absolute atomic E-state index is 0.171. The highest BCUT2D eigenvalue weighted by Gasteiger charge is 2.24. The van der Waals surface area contributed by atoms with Crippen LogP contribution in [0.5, 0.6) is 5.75 Å². The Labute approximate surface area is 145 Å². The largest absolute Gasteiger partial charge is 0.497 e. The number of anilines is 1. The third-order valence-corrected chi connectivity index (χ3v) is 4.45. The van der Waals surface area contributed by atoms with Gasteiger partial charge in [-0.3, -0.25) is 5.01 Å². The summed E-state index contributed by atoms with van der Waals surface area (Å²) in [5, 5.41) is 6.37. The predicted octanol–water partition coefficient (Wildman–Crippen LogP) is 4.96. The summed E-state index contributed by atoms with van der Waals surface area (Å²) in [5.41, 5.74) is 4.33. The molecule has 3 heteroatoms. The Kier molecular flexibility index (Phi) is 5.45. The second-order valence-electron chi connectivity index (χ2n) is 6.43. The number of benzene rings is 2. The summed E-state index contributed by atoms with van der Waals surface area (Å²) in [4.78, 5) is 0. The van der Waals surface area contributed by atoms with Crippen LogP contribution in [-0.2, 0) is 5.41 Å². The van der Waals surface area contributed by atoms with E-state index in [9.17, 15) is 0 Å². The zero-order valence-electron chi connectivity index (χ0n) is 15.2. The van der Waals surface area contributed by atoms with Crippen molar-refractivity contribution in [3.8, 4) is 5.75 Å². The first-order chi connectivity index (χ1) is 11.4. The summed E-state index contributed by atoms with van der Waals surface area (Å²) in [6.07, 6.45) is 1.84. The lowest BCUT2D eigenvalue weighted by Gasteiger charge is -2.28.